The van der Waals surface area contributed by atoms with E-state index in [1.54, 1.807) is 12.4 Å². The summed E-state index contributed by atoms with van der Waals surface area (Å²) in [6.07, 6.45) is 4.25. The molecule has 1 aromatic heterocycles. The molecule has 1 heterocycles. The van der Waals surface area contributed by atoms with Gasteiger partial charge in [0.2, 0.25) is 5.95 Å². The van der Waals surface area contributed by atoms with E-state index in [0.29, 0.717) is 12.5 Å². The van der Waals surface area contributed by atoms with Crippen LogP contribution in [0.3, 0.4) is 0 Å². The molecule has 1 rings (SSSR count). The third-order valence-electron chi connectivity index (χ3n) is 3.10. The highest BCUT2D eigenvalue weighted by atomic mass is 16.4. The molecule has 0 radical (unpaired) electrons. The lowest BCUT2D eigenvalue weighted by Crippen LogP contribution is -2.41. The maximum Gasteiger partial charge on any atom is 0.320 e. The molecule has 6 heteroatoms. The lowest BCUT2D eigenvalue weighted by Gasteiger charge is -2.20. The molecular formula is C13H22N4O2. The number of nitrogens with zero attached hydrogens (tertiary/aromatic N) is 3. The van der Waals surface area contributed by atoms with Crippen molar-refractivity contribution in [2.45, 2.75) is 32.9 Å². The molecule has 0 aliphatic rings. The molecule has 6 nitrogen and oxygen atoms in total. The minimum Gasteiger partial charge on any atom is -0.480 e. The minimum atomic E-state index is -0.819. The summed E-state index contributed by atoms with van der Waals surface area (Å²) in [5.74, 6) is -0.0971. The Morgan fingerprint density at radius 2 is 2.00 bits per heavy atom. The van der Waals surface area contributed by atoms with Crippen molar-refractivity contribution < 1.29 is 9.90 Å². The number of rotatable bonds is 7. The number of nitrogens with one attached hydrogen (secondary N) is 1. The molecule has 0 spiro atoms. The Hall–Kier alpha value is -1.69. The fourth-order valence-corrected chi connectivity index (χ4v) is 1.67. The molecule has 19 heavy (non-hydrogen) atoms. The van der Waals surface area contributed by atoms with Gasteiger partial charge in [0.25, 0.3) is 0 Å². The second-order valence-electron chi connectivity index (χ2n) is 4.87. The van der Waals surface area contributed by atoms with Crippen molar-refractivity contribution in [1.29, 1.82) is 0 Å². The van der Waals surface area contributed by atoms with Crippen LogP contribution < -0.4 is 10.2 Å². The Morgan fingerprint density at radius 1 is 1.42 bits per heavy atom. The van der Waals surface area contributed by atoms with E-state index in [4.69, 9.17) is 5.11 Å². The molecule has 1 aromatic rings. The van der Waals surface area contributed by atoms with E-state index in [9.17, 15) is 4.79 Å². The summed E-state index contributed by atoms with van der Waals surface area (Å²) in [4.78, 5) is 21.4. The van der Waals surface area contributed by atoms with Crippen molar-refractivity contribution in [3.63, 3.8) is 0 Å². The molecule has 0 unspecified atom stereocenters. The molecule has 106 valence electrons. The second-order valence-corrected chi connectivity index (χ2v) is 4.87. The maximum absolute atomic E-state index is 11.2. The fraction of sp³-hybridized carbons (Fsp3) is 0.615. The Labute approximate surface area is 113 Å². The van der Waals surface area contributed by atoms with Crippen molar-refractivity contribution in [2.24, 2.45) is 5.92 Å². The maximum atomic E-state index is 11.2. The predicted octanol–water partition coefficient (Wildman–Crippen LogP) is 1.13. The number of hydrogen-bond acceptors (Lipinski definition) is 5. The zero-order valence-electron chi connectivity index (χ0n) is 11.9. The van der Waals surface area contributed by atoms with E-state index < -0.39 is 12.0 Å². The van der Waals surface area contributed by atoms with Gasteiger partial charge in [0.05, 0.1) is 0 Å². The fourth-order valence-electron chi connectivity index (χ4n) is 1.67. The van der Waals surface area contributed by atoms with Crippen LogP contribution in [0.1, 0.15) is 25.8 Å². The average Bonchev–Trinajstić information content (AvgIpc) is 2.38. The summed E-state index contributed by atoms with van der Waals surface area (Å²) in [6.45, 7) is 4.36. The molecule has 0 aromatic carbocycles. The molecular weight excluding hydrogens is 244 g/mol. The van der Waals surface area contributed by atoms with E-state index in [-0.39, 0.29) is 5.92 Å². The van der Waals surface area contributed by atoms with Gasteiger partial charge in [-0.2, -0.15) is 0 Å². The zero-order valence-corrected chi connectivity index (χ0v) is 11.9. The standard InChI is InChI=1S/C13H22N4O2/c1-5-9(2)11(12(18)19)14-6-10-7-15-13(16-8-10)17(3)4/h7-9,11,14H,5-6H2,1-4H3,(H,18,19)/t9-,11-/m0/s1. The van der Waals surface area contributed by atoms with E-state index in [1.165, 1.54) is 0 Å². The summed E-state index contributed by atoms with van der Waals surface area (Å²) in [7, 11) is 3.74. The number of carboxylic acid groups (broad SMARTS) is 1. The quantitative estimate of drug-likeness (QED) is 0.770. The van der Waals surface area contributed by atoms with Crippen LogP contribution >= 0.6 is 0 Å². The van der Waals surface area contributed by atoms with Crippen LogP contribution in [0.2, 0.25) is 0 Å². The average molecular weight is 266 g/mol. The summed E-state index contributed by atoms with van der Waals surface area (Å²) < 4.78 is 0. The smallest absolute Gasteiger partial charge is 0.320 e. The van der Waals surface area contributed by atoms with Crippen LogP contribution in [0, 0.1) is 5.92 Å². The van der Waals surface area contributed by atoms with Crippen LogP contribution in [0.5, 0.6) is 0 Å². The molecule has 0 amide bonds. The molecule has 0 bridgehead atoms. The van der Waals surface area contributed by atoms with Crippen molar-refractivity contribution >= 4 is 11.9 Å². The van der Waals surface area contributed by atoms with Gasteiger partial charge in [-0.1, -0.05) is 20.3 Å². The summed E-state index contributed by atoms with van der Waals surface area (Å²) in [5.41, 5.74) is 0.875. The zero-order chi connectivity index (χ0) is 14.4. The molecule has 0 aliphatic carbocycles. The van der Waals surface area contributed by atoms with Crippen LogP contribution in [0.4, 0.5) is 5.95 Å². The molecule has 0 saturated carbocycles. The van der Waals surface area contributed by atoms with E-state index >= 15 is 0 Å². The van der Waals surface area contributed by atoms with Gasteiger partial charge in [-0.15, -0.1) is 0 Å². The van der Waals surface area contributed by atoms with Gasteiger partial charge in [0.15, 0.2) is 0 Å². The van der Waals surface area contributed by atoms with Crippen molar-refractivity contribution in [1.82, 2.24) is 15.3 Å². The molecule has 0 aliphatic heterocycles. The van der Waals surface area contributed by atoms with E-state index in [0.717, 1.165) is 12.0 Å². The number of anilines is 1. The third kappa shape index (κ3) is 4.48. The summed E-state index contributed by atoms with van der Waals surface area (Å²) >= 11 is 0. The highest BCUT2D eigenvalue weighted by Crippen LogP contribution is 2.09. The van der Waals surface area contributed by atoms with Gasteiger partial charge in [0, 0.05) is 38.6 Å². The van der Waals surface area contributed by atoms with Crippen LogP contribution in [-0.2, 0) is 11.3 Å². The van der Waals surface area contributed by atoms with Gasteiger partial charge >= 0.3 is 5.97 Å². The van der Waals surface area contributed by atoms with E-state index in [1.807, 2.05) is 32.8 Å². The Kier molecular flexibility index (Phi) is 5.69. The third-order valence-corrected chi connectivity index (χ3v) is 3.10. The first-order valence-corrected chi connectivity index (χ1v) is 6.40. The van der Waals surface area contributed by atoms with Gasteiger partial charge in [0.1, 0.15) is 6.04 Å². The molecule has 0 saturated heterocycles. The first-order valence-electron chi connectivity index (χ1n) is 6.40. The number of aliphatic carboxylic acids is 1. The lowest BCUT2D eigenvalue weighted by atomic mass is 9.99. The number of hydrogen-bond donors (Lipinski definition) is 2. The van der Waals surface area contributed by atoms with Gasteiger partial charge < -0.3 is 10.0 Å². The molecule has 2 atom stereocenters. The second kappa shape index (κ2) is 7.04. The molecule has 2 N–H and O–H groups in total. The predicted molar refractivity (Wildman–Crippen MR) is 74.1 cm³/mol. The van der Waals surface area contributed by atoms with Crippen molar-refractivity contribution in [2.75, 3.05) is 19.0 Å². The first kappa shape index (κ1) is 15.4. The molecule has 0 fully saturated rings. The van der Waals surface area contributed by atoms with Crippen LogP contribution in [0.15, 0.2) is 12.4 Å². The largest absolute Gasteiger partial charge is 0.480 e. The van der Waals surface area contributed by atoms with Crippen molar-refractivity contribution in [3.8, 4) is 0 Å². The Morgan fingerprint density at radius 3 is 2.42 bits per heavy atom. The van der Waals surface area contributed by atoms with Crippen molar-refractivity contribution in [3.05, 3.63) is 18.0 Å². The monoisotopic (exact) mass is 266 g/mol. The number of carbonyl (C=O) groups is 1. The van der Waals surface area contributed by atoms with Gasteiger partial charge in [-0.3, -0.25) is 10.1 Å². The minimum absolute atomic E-state index is 0.0828. The number of carboxylic acids is 1. The SMILES string of the molecule is CC[C@H](C)[C@H](NCc1cnc(N(C)C)nc1)C(=O)O. The van der Waals surface area contributed by atoms with E-state index in [2.05, 4.69) is 15.3 Å². The highest BCUT2D eigenvalue weighted by Gasteiger charge is 2.22. The van der Waals surface area contributed by atoms with Crippen LogP contribution in [-0.4, -0.2) is 41.2 Å². The highest BCUT2D eigenvalue weighted by molar-refractivity contribution is 5.73. The lowest BCUT2D eigenvalue weighted by molar-refractivity contribution is -0.140. The normalized spacial score (nSPS) is 13.9. The Bertz CT molecular complexity index is 406. The Balaban J connectivity index is 2.61. The summed E-state index contributed by atoms with van der Waals surface area (Å²) in [5, 5.41) is 12.2. The van der Waals surface area contributed by atoms with Gasteiger partial charge in [-0.05, 0) is 5.92 Å². The topological polar surface area (TPSA) is 78.4 Å². The van der Waals surface area contributed by atoms with Crippen LogP contribution in [0.25, 0.3) is 0 Å². The summed E-state index contributed by atoms with van der Waals surface area (Å²) in [6, 6.07) is -0.543. The van der Waals surface area contributed by atoms with Gasteiger partial charge in [-0.25, -0.2) is 9.97 Å². The number of aromatic nitrogens is 2. The first-order chi connectivity index (χ1) is 8.95.